The first-order chi connectivity index (χ1) is 10.6. The lowest BCUT2D eigenvalue weighted by molar-refractivity contribution is -0.148. The van der Waals surface area contributed by atoms with Crippen LogP contribution in [0.3, 0.4) is 0 Å². The Kier molecular flexibility index (Phi) is 5.71. The highest BCUT2D eigenvalue weighted by Gasteiger charge is 2.40. The van der Waals surface area contributed by atoms with Crippen molar-refractivity contribution in [3.05, 3.63) is 24.3 Å². The molecule has 0 radical (unpaired) electrons. The number of benzene rings is 1. The summed E-state index contributed by atoms with van der Waals surface area (Å²) in [4.78, 5) is 24.6. The van der Waals surface area contributed by atoms with Crippen molar-refractivity contribution in [2.45, 2.75) is 42.5 Å². The molecule has 120 valence electrons. The van der Waals surface area contributed by atoms with Gasteiger partial charge in [0.25, 0.3) is 0 Å². The van der Waals surface area contributed by atoms with Crippen LogP contribution >= 0.6 is 11.8 Å². The van der Waals surface area contributed by atoms with E-state index in [4.69, 9.17) is 4.74 Å². The number of aliphatic carboxylic acids is 1. The van der Waals surface area contributed by atoms with Crippen molar-refractivity contribution in [3.63, 3.8) is 0 Å². The molecule has 1 aliphatic carbocycles. The van der Waals surface area contributed by atoms with Crippen LogP contribution in [0.1, 0.15) is 32.1 Å². The van der Waals surface area contributed by atoms with E-state index in [-0.39, 0.29) is 11.7 Å². The minimum Gasteiger partial charge on any atom is -0.497 e. The molecule has 0 atom stereocenters. The normalized spacial score (nSPS) is 16.8. The van der Waals surface area contributed by atoms with Crippen molar-refractivity contribution in [3.8, 4) is 5.75 Å². The zero-order valence-corrected chi connectivity index (χ0v) is 13.4. The van der Waals surface area contributed by atoms with Gasteiger partial charge in [-0.15, -0.1) is 11.8 Å². The molecule has 22 heavy (non-hydrogen) atoms. The fourth-order valence-electron chi connectivity index (χ4n) is 2.69. The van der Waals surface area contributed by atoms with Crippen LogP contribution in [0.2, 0.25) is 0 Å². The van der Waals surface area contributed by atoms with Crippen LogP contribution in [-0.2, 0) is 9.59 Å². The number of hydrogen-bond donors (Lipinski definition) is 2. The maximum Gasteiger partial charge on any atom is 0.329 e. The van der Waals surface area contributed by atoms with Crippen molar-refractivity contribution in [2.75, 3.05) is 12.9 Å². The second kappa shape index (κ2) is 7.54. The van der Waals surface area contributed by atoms with E-state index in [1.807, 2.05) is 24.3 Å². The quantitative estimate of drug-likeness (QED) is 0.787. The third-order valence-corrected chi connectivity index (χ3v) is 4.90. The van der Waals surface area contributed by atoms with E-state index < -0.39 is 11.5 Å². The molecule has 0 heterocycles. The summed E-state index contributed by atoms with van der Waals surface area (Å²) < 4.78 is 5.14. The molecule has 0 aliphatic heterocycles. The van der Waals surface area contributed by atoms with Crippen molar-refractivity contribution >= 4 is 23.6 Å². The second-order valence-corrected chi connectivity index (χ2v) is 6.51. The molecule has 2 rings (SSSR count). The minimum atomic E-state index is -1.08. The SMILES string of the molecule is COc1cccc(SCC(=O)NC2(C(=O)O)CCCCC2)c1. The number of thioether (sulfide) groups is 1. The minimum absolute atomic E-state index is 0.197. The summed E-state index contributed by atoms with van der Waals surface area (Å²) in [6.07, 6.45) is 3.74. The fraction of sp³-hybridized carbons (Fsp3) is 0.500. The number of rotatable bonds is 6. The maximum atomic E-state index is 12.1. The van der Waals surface area contributed by atoms with Gasteiger partial charge in [0, 0.05) is 4.90 Å². The van der Waals surface area contributed by atoms with Crippen LogP contribution in [0.15, 0.2) is 29.2 Å². The van der Waals surface area contributed by atoms with Crippen molar-refractivity contribution in [1.82, 2.24) is 5.32 Å². The van der Waals surface area contributed by atoms with E-state index in [9.17, 15) is 14.7 Å². The summed E-state index contributed by atoms with van der Waals surface area (Å²) in [7, 11) is 1.59. The van der Waals surface area contributed by atoms with Crippen LogP contribution in [0, 0.1) is 0 Å². The second-order valence-electron chi connectivity index (χ2n) is 5.46. The number of methoxy groups -OCH3 is 1. The van der Waals surface area contributed by atoms with E-state index >= 15 is 0 Å². The number of ether oxygens (including phenoxy) is 1. The lowest BCUT2D eigenvalue weighted by Crippen LogP contribution is -2.56. The van der Waals surface area contributed by atoms with E-state index in [1.165, 1.54) is 11.8 Å². The summed E-state index contributed by atoms with van der Waals surface area (Å²) >= 11 is 1.37. The Labute approximate surface area is 134 Å². The van der Waals surface area contributed by atoms with Gasteiger partial charge in [-0.25, -0.2) is 4.79 Å². The van der Waals surface area contributed by atoms with E-state index in [0.29, 0.717) is 12.8 Å². The highest BCUT2D eigenvalue weighted by Crippen LogP contribution is 2.29. The molecule has 1 amide bonds. The van der Waals surface area contributed by atoms with Gasteiger partial charge in [-0.2, -0.15) is 0 Å². The lowest BCUT2D eigenvalue weighted by atomic mass is 9.81. The van der Waals surface area contributed by atoms with Gasteiger partial charge in [0.1, 0.15) is 11.3 Å². The van der Waals surface area contributed by atoms with Crippen molar-refractivity contribution < 1.29 is 19.4 Å². The number of nitrogens with one attached hydrogen (secondary N) is 1. The number of amides is 1. The predicted octanol–water partition coefficient (Wildman–Crippen LogP) is 2.69. The Balaban J connectivity index is 1.92. The first kappa shape index (κ1) is 16.7. The summed E-state index contributed by atoms with van der Waals surface area (Å²) in [6, 6.07) is 7.45. The Morgan fingerprint density at radius 3 is 2.68 bits per heavy atom. The Bertz CT molecular complexity index is 541. The van der Waals surface area contributed by atoms with Gasteiger partial charge < -0.3 is 15.2 Å². The average molecular weight is 323 g/mol. The van der Waals surface area contributed by atoms with Gasteiger partial charge in [-0.3, -0.25) is 4.79 Å². The molecule has 0 spiro atoms. The van der Waals surface area contributed by atoms with Gasteiger partial charge in [0.15, 0.2) is 0 Å². The molecule has 1 fully saturated rings. The molecule has 0 aromatic heterocycles. The van der Waals surface area contributed by atoms with Gasteiger partial charge >= 0.3 is 5.97 Å². The average Bonchev–Trinajstić information content (AvgIpc) is 2.54. The monoisotopic (exact) mass is 323 g/mol. The summed E-state index contributed by atoms with van der Waals surface area (Å²) in [5.74, 6) is -0.230. The van der Waals surface area contributed by atoms with Crippen LogP contribution in [0.25, 0.3) is 0 Å². The van der Waals surface area contributed by atoms with Crippen molar-refractivity contribution in [2.24, 2.45) is 0 Å². The Hall–Kier alpha value is -1.69. The first-order valence-corrected chi connectivity index (χ1v) is 8.35. The molecule has 1 aromatic rings. The third-order valence-electron chi connectivity index (χ3n) is 3.91. The smallest absolute Gasteiger partial charge is 0.329 e. The molecule has 6 heteroatoms. The maximum absolute atomic E-state index is 12.1. The topological polar surface area (TPSA) is 75.6 Å². The molecule has 5 nitrogen and oxygen atoms in total. The first-order valence-electron chi connectivity index (χ1n) is 7.37. The zero-order valence-electron chi connectivity index (χ0n) is 12.6. The van der Waals surface area contributed by atoms with Crippen LogP contribution in [-0.4, -0.2) is 35.4 Å². The molecule has 2 N–H and O–H groups in total. The van der Waals surface area contributed by atoms with Crippen LogP contribution in [0.4, 0.5) is 0 Å². The number of carbonyl (C=O) groups excluding carboxylic acids is 1. The van der Waals surface area contributed by atoms with Gasteiger partial charge in [0.2, 0.25) is 5.91 Å². The summed E-state index contributed by atoms with van der Waals surface area (Å²) in [6.45, 7) is 0. The molecular formula is C16H21NO4S. The van der Waals surface area contributed by atoms with Crippen molar-refractivity contribution in [1.29, 1.82) is 0 Å². The van der Waals surface area contributed by atoms with E-state index in [1.54, 1.807) is 7.11 Å². The molecular weight excluding hydrogens is 302 g/mol. The molecule has 0 unspecified atom stereocenters. The largest absolute Gasteiger partial charge is 0.497 e. The highest BCUT2D eigenvalue weighted by molar-refractivity contribution is 8.00. The Morgan fingerprint density at radius 2 is 2.05 bits per heavy atom. The summed E-state index contributed by atoms with van der Waals surface area (Å²) in [5, 5.41) is 12.2. The van der Waals surface area contributed by atoms with E-state index in [0.717, 1.165) is 29.9 Å². The fourth-order valence-corrected chi connectivity index (χ4v) is 3.43. The molecule has 1 saturated carbocycles. The summed E-state index contributed by atoms with van der Waals surface area (Å²) in [5.41, 5.74) is -1.08. The van der Waals surface area contributed by atoms with Gasteiger partial charge in [0.05, 0.1) is 12.9 Å². The van der Waals surface area contributed by atoms with Crippen LogP contribution in [0.5, 0.6) is 5.75 Å². The Morgan fingerprint density at radius 1 is 1.32 bits per heavy atom. The van der Waals surface area contributed by atoms with Crippen LogP contribution < -0.4 is 10.1 Å². The van der Waals surface area contributed by atoms with E-state index in [2.05, 4.69) is 5.32 Å². The molecule has 1 aromatic carbocycles. The predicted molar refractivity (Wildman–Crippen MR) is 85.3 cm³/mol. The third kappa shape index (κ3) is 4.16. The molecule has 1 aliphatic rings. The standard InChI is InChI=1S/C16H21NO4S/c1-21-12-6-5-7-13(10-12)22-11-14(18)17-16(15(19)20)8-3-2-4-9-16/h5-7,10H,2-4,8-9,11H2,1H3,(H,17,18)(H,19,20). The lowest BCUT2D eigenvalue weighted by Gasteiger charge is -2.33. The molecule has 0 bridgehead atoms. The number of carbonyl (C=O) groups is 2. The molecule has 0 saturated heterocycles. The van der Waals surface area contributed by atoms with Gasteiger partial charge in [-0.05, 0) is 31.0 Å². The number of carboxylic acid groups (broad SMARTS) is 1. The zero-order chi connectivity index (χ0) is 16.0. The number of hydrogen-bond acceptors (Lipinski definition) is 4. The van der Waals surface area contributed by atoms with Gasteiger partial charge in [-0.1, -0.05) is 25.3 Å². The highest BCUT2D eigenvalue weighted by atomic mass is 32.2. The number of carboxylic acids is 1.